The molecule has 5 heteroatoms. The molecule has 0 aliphatic rings. The number of aryl methyl sites for hydroxylation is 2. The van der Waals surface area contributed by atoms with Gasteiger partial charge in [-0.2, -0.15) is 16.9 Å². The van der Waals surface area contributed by atoms with Gasteiger partial charge in [0.05, 0.1) is 6.54 Å². The molecule has 1 heterocycles. The topological polar surface area (TPSA) is 39.9 Å². The maximum Gasteiger partial charge on any atom is 0.176 e. The maximum atomic E-state index is 5.13. The molecule has 0 spiro atoms. The molecule has 0 fully saturated rings. The van der Waals surface area contributed by atoms with Gasteiger partial charge in [-0.25, -0.2) is 9.67 Å². The van der Waals surface area contributed by atoms with Crippen molar-refractivity contribution in [2.24, 2.45) is 0 Å². The highest BCUT2D eigenvalue weighted by Gasteiger charge is 2.10. The molecule has 20 heavy (non-hydrogen) atoms. The lowest BCUT2D eigenvalue weighted by Crippen LogP contribution is -2.09. The van der Waals surface area contributed by atoms with Crippen LogP contribution in [0.15, 0.2) is 24.3 Å². The second kappa shape index (κ2) is 7.45. The lowest BCUT2D eigenvalue weighted by atomic mass is 10.1. The molecule has 0 saturated carbocycles. The van der Waals surface area contributed by atoms with Crippen LogP contribution in [0.25, 0.3) is 0 Å². The lowest BCUT2D eigenvalue weighted by molar-refractivity contribution is 0.177. The highest BCUT2D eigenvalue weighted by Crippen LogP contribution is 2.12. The zero-order chi connectivity index (χ0) is 14.4. The van der Waals surface area contributed by atoms with E-state index >= 15 is 0 Å². The summed E-state index contributed by atoms with van der Waals surface area (Å²) < 4.78 is 7.14. The van der Waals surface area contributed by atoms with Crippen molar-refractivity contribution >= 4 is 11.8 Å². The minimum Gasteiger partial charge on any atom is -0.377 e. The molecule has 4 nitrogen and oxygen atoms in total. The molecule has 0 atom stereocenters. The van der Waals surface area contributed by atoms with E-state index in [4.69, 9.17) is 4.74 Å². The Morgan fingerprint density at radius 1 is 1.30 bits per heavy atom. The van der Waals surface area contributed by atoms with Crippen molar-refractivity contribution in [1.29, 1.82) is 0 Å². The predicted molar refractivity (Wildman–Crippen MR) is 83.1 cm³/mol. The van der Waals surface area contributed by atoms with Crippen LogP contribution in [-0.2, 0) is 24.3 Å². The summed E-state index contributed by atoms with van der Waals surface area (Å²) in [5, 5.41) is 4.56. The fourth-order valence-electron chi connectivity index (χ4n) is 2.07. The molecule has 0 bridgehead atoms. The lowest BCUT2D eigenvalue weighted by Gasteiger charge is -2.08. The number of aromatic nitrogens is 3. The SMILES string of the molecule is COCc1nc(CCSC)n(Cc2ccccc2C)n1. The number of rotatable bonds is 7. The molecular formula is C15H21N3OS. The van der Waals surface area contributed by atoms with Gasteiger partial charge in [0, 0.05) is 19.3 Å². The summed E-state index contributed by atoms with van der Waals surface area (Å²) in [6, 6.07) is 8.40. The Hall–Kier alpha value is -1.33. The zero-order valence-electron chi connectivity index (χ0n) is 12.3. The van der Waals surface area contributed by atoms with E-state index in [-0.39, 0.29) is 0 Å². The van der Waals surface area contributed by atoms with Gasteiger partial charge in [0.25, 0.3) is 0 Å². The largest absolute Gasteiger partial charge is 0.377 e. The Labute approximate surface area is 124 Å². The third-order valence-corrected chi connectivity index (χ3v) is 3.79. The third-order valence-electron chi connectivity index (χ3n) is 3.18. The average Bonchev–Trinajstić information content (AvgIpc) is 2.81. The maximum absolute atomic E-state index is 5.13. The van der Waals surface area contributed by atoms with Crippen molar-refractivity contribution in [3.8, 4) is 0 Å². The quantitative estimate of drug-likeness (QED) is 0.786. The van der Waals surface area contributed by atoms with Crippen molar-refractivity contribution in [2.45, 2.75) is 26.5 Å². The van der Waals surface area contributed by atoms with Crippen LogP contribution in [0.2, 0.25) is 0 Å². The molecule has 0 unspecified atom stereocenters. The molecule has 0 saturated heterocycles. The number of methoxy groups -OCH3 is 1. The number of hydrogen-bond donors (Lipinski definition) is 0. The van der Waals surface area contributed by atoms with Crippen molar-refractivity contribution in [1.82, 2.24) is 14.8 Å². The third kappa shape index (κ3) is 3.84. The molecule has 1 aromatic carbocycles. The molecule has 2 aromatic rings. The first-order valence-corrected chi connectivity index (χ1v) is 8.09. The molecule has 1 aromatic heterocycles. The van der Waals surface area contributed by atoms with Crippen molar-refractivity contribution < 1.29 is 4.74 Å². The fraction of sp³-hybridized carbons (Fsp3) is 0.467. The van der Waals surface area contributed by atoms with Gasteiger partial charge in [-0.15, -0.1) is 0 Å². The molecule has 2 rings (SSSR count). The Morgan fingerprint density at radius 2 is 2.10 bits per heavy atom. The summed E-state index contributed by atoms with van der Waals surface area (Å²) in [6.07, 6.45) is 3.04. The van der Waals surface area contributed by atoms with E-state index < -0.39 is 0 Å². The summed E-state index contributed by atoms with van der Waals surface area (Å²) in [5.41, 5.74) is 2.57. The number of nitrogens with zero attached hydrogens (tertiary/aromatic N) is 3. The monoisotopic (exact) mass is 291 g/mol. The van der Waals surface area contributed by atoms with Gasteiger partial charge in [-0.3, -0.25) is 0 Å². The van der Waals surface area contributed by atoms with Crippen LogP contribution in [0, 0.1) is 6.92 Å². The molecule has 108 valence electrons. The van der Waals surface area contributed by atoms with Gasteiger partial charge in [0.15, 0.2) is 5.82 Å². The highest BCUT2D eigenvalue weighted by molar-refractivity contribution is 7.98. The van der Waals surface area contributed by atoms with E-state index in [0.29, 0.717) is 6.61 Å². The Bertz CT molecular complexity index is 554. The summed E-state index contributed by atoms with van der Waals surface area (Å²) in [6.45, 7) is 3.37. The standard InChI is InChI=1S/C15H21N3OS/c1-12-6-4-5-7-13(12)10-18-15(8-9-20-3)16-14(17-18)11-19-2/h4-7H,8-11H2,1-3H3. The van der Waals surface area contributed by atoms with Gasteiger partial charge >= 0.3 is 0 Å². The summed E-state index contributed by atoms with van der Waals surface area (Å²) in [4.78, 5) is 4.58. The van der Waals surface area contributed by atoms with Crippen molar-refractivity contribution in [3.63, 3.8) is 0 Å². The van der Waals surface area contributed by atoms with Crippen LogP contribution in [0.4, 0.5) is 0 Å². The molecule has 0 radical (unpaired) electrons. The predicted octanol–water partition coefficient (Wildman–Crippen LogP) is 2.69. The summed E-state index contributed by atoms with van der Waals surface area (Å²) in [5.74, 6) is 2.85. The van der Waals surface area contributed by atoms with Gasteiger partial charge < -0.3 is 4.74 Å². The van der Waals surface area contributed by atoms with E-state index in [9.17, 15) is 0 Å². The highest BCUT2D eigenvalue weighted by atomic mass is 32.2. The summed E-state index contributed by atoms with van der Waals surface area (Å²) in [7, 11) is 1.67. The molecule has 0 amide bonds. The van der Waals surface area contributed by atoms with Gasteiger partial charge in [-0.05, 0) is 24.3 Å². The van der Waals surface area contributed by atoms with Crippen LogP contribution < -0.4 is 0 Å². The van der Waals surface area contributed by atoms with Crippen LogP contribution in [0.1, 0.15) is 22.8 Å². The first-order chi connectivity index (χ1) is 9.74. The molecule has 0 aliphatic carbocycles. The van der Waals surface area contributed by atoms with Gasteiger partial charge in [0.1, 0.15) is 12.4 Å². The Balaban J connectivity index is 2.22. The first kappa shape index (κ1) is 15.1. The van der Waals surface area contributed by atoms with Crippen LogP contribution in [0.5, 0.6) is 0 Å². The van der Waals surface area contributed by atoms with E-state index in [1.165, 1.54) is 11.1 Å². The normalized spacial score (nSPS) is 10.9. The van der Waals surface area contributed by atoms with Crippen LogP contribution in [-0.4, -0.2) is 33.9 Å². The number of benzene rings is 1. The van der Waals surface area contributed by atoms with Crippen molar-refractivity contribution in [3.05, 3.63) is 47.0 Å². The Kier molecular flexibility index (Phi) is 5.61. The van der Waals surface area contributed by atoms with Gasteiger partial charge in [0.2, 0.25) is 0 Å². The second-order valence-electron chi connectivity index (χ2n) is 4.70. The second-order valence-corrected chi connectivity index (χ2v) is 5.69. The van der Waals surface area contributed by atoms with E-state index in [1.54, 1.807) is 7.11 Å². The molecule has 0 aliphatic heterocycles. The number of ether oxygens (including phenoxy) is 1. The fourth-order valence-corrected chi connectivity index (χ4v) is 2.46. The smallest absolute Gasteiger partial charge is 0.176 e. The first-order valence-electron chi connectivity index (χ1n) is 6.69. The number of hydrogen-bond acceptors (Lipinski definition) is 4. The van der Waals surface area contributed by atoms with Gasteiger partial charge in [-0.1, -0.05) is 24.3 Å². The Morgan fingerprint density at radius 3 is 2.80 bits per heavy atom. The molecule has 0 N–H and O–H groups in total. The minimum atomic E-state index is 0.465. The van der Waals surface area contributed by atoms with E-state index in [1.807, 2.05) is 16.4 Å². The zero-order valence-corrected chi connectivity index (χ0v) is 13.1. The van der Waals surface area contributed by atoms with Crippen LogP contribution >= 0.6 is 11.8 Å². The van der Waals surface area contributed by atoms with E-state index in [0.717, 1.165) is 30.4 Å². The van der Waals surface area contributed by atoms with Crippen LogP contribution in [0.3, 0.4) is 0 Å². The average molecular weight is 291 g/mol. The van der Waals surface area contributed by atoms with Crippen molar-refractivity contribution in [2.75, 3.05) is 19.1 Å². The summed E-state index contributed by atoms with van der Waals surface area (Å²) >= 11 is 1.82. The molecular weight excluding hydrogens is 270 g/mol. The minimum absolute atomic E-state index is 0.465. The van der Waals surface area contributed by atoms with E-state index in [2.05, 4.69) is 47.5 Å². The number of thioether (sulfide) groups is 1.